The molecule has 2 aliphatic rings. The van der Waals surface area contributed by atoms with Gasteiger partial charge in [-0.2, -0.15) is 11.8 Å². The quantitative estimate of drug-likeness (QED) is 0.628. The van der Waals surface area contributed by atoms with E-state index in [2.05, 4.69) is 12.2 Å². The van der Waals surface area contributed by atoms with E-state index in [1.807, 2.05) is 11.8 Å². The molecule has 21 heavy (non-hydrogen) atoms. The molecule has 0 radical (unpaired) electrons. The Hall–Kier alpha value is -0.260. The minimum atomic E-state index is -0.0575. The van der Waals surface area contributed by atoms with Crippen molar-refractivity contribution in [2.75, 3.05) is 38.4 Å². The SMILES string of the molecule is CCCNC(CSCC1(CC(=O)OC)CC1)C1CCOC1. The Labute approximate surface area is 132 Å². The average Bonchev–Trinajstić information content (AvgIpc) is 3.03. The highest BCUT2D eigenvalue weighted by Gasteiger charge is 2.44. The van der Waals surface area contributed by atoms with E-state index in [-0.39, 0.29) is 11.4 Å². The molecule has 1 heterocycles. The van der Waals surface area contributed by atoms with Gasteiger partial charge in [-0.25, -0.2) is 0 Å². The number of carbonyl (C=O) groups is 1. The second kappa shape index (κ2) is 8.39. The maximum absolute atomic E-state index is 11.5. The molecule has 0 amide bonds. The Morgan fingerprint density at radius 2 is 2.33 bits per heavy atom. The molecule has 0 aromatic rings. The Kier molecular flexibility index (Phi) is 6.83. The summed E-state index contributed by atoms with van der Waals surface area (Å²) < 4.78 is 10.3. The molecular formula is C16H29NO3S. The van der Waals surface area contributed by atoms with Crippen LogP contribution in [-0.2, 0) is 14.3 Å². The summed E-state index contributed by atoms with van der Waals surface area (Å²) in [6, 6.07) is 0.548. The first-order valence-corrected chi connectivity index (χ1v) is 9.30. The van der Waals surface area contributed by atoms with Crippen molar-refractivity contribution in [3.05, 3.63) is 0 Å². The fraction of sp³-hybridized carbons (Fsp3) is 0.938. The standard InChI is InChI=1S/C16H29NO3S/c1-3-7-17-14(13-4-8-20-10-13)11-21-12-16(5-6-16)9-15(18)19-2/h13-14,17H,3-12H2,1-2H3. The first-order valence-electron chi connectivity index (χ1n) is 8.15. The van der Waals surface area contributed by atoms with Gasteiger partial charge in [-0.3, -0.25) is 4.79 Å². The van der Waals surface area contributed by atoms with Crippen molar-refractivity contribution in [1.29, 1.82) is 0 Å². The number of rotatable bonds is 10. The number of carbonyl (C=O) groups excluding carboxylic acids is 1. The van der Waals surface area contributed by atoms with E-state index >= 15 is 0 Å². The number of thioether (sulfide) groups is 1. The Morgan fingerprint density at radius 3 is 2.90 bits per heavy atom. The van der Waals surface area contributed by atoms with Crippen LogP contribution in [0.25, 0.3) is 0 Å². The Balaban J connectivity index is 1.72. The fourth-order valence-corrected chi connectivity index (χ4v) is 4.48. The lowest BCUT2D eigenvalue weighted by atomic mass is 10.0. The van der Waals surface area contributed by atoms with E-state index in [0.29, 0.717) is 18.4 Å². The second-order valence-electron chi connectivity index (χ2n) is 6.45. The normalized spacial score (nSPS) is 24.8. The van der Waals surface area contributed by atoms with E-state index in [0.717, 1.165) is 31.3 Å². The molecule has 1 saturated carbocycles. The lowest BCUT2D eigenvalue weighted by molar-refractivity contribution is -0.141. The van der Waals surface area contributed by atoms with Crippen molar-refractivity contribution in [2.24, 2.45) is 11.3 Å². The van der Waals surface area contributed by atoms with Gasteiger partial charge in [0.1, 0.15) is 0 Å². The maximum Gasteiger partial charge on any atom is 0.306 e. The largest absolute Gasteiger partial charge is 0.469 e. The summed E-state index contributed by atoms with van der Waals surface area (Å²) in [4.78, 5) is 11.5. The molecule has 1 aliphatic carbocycles. The van der Waals surface area contributed by atoms with Crippen LogP contribution in [-0.4, -0.2) is 50.4 Å². The third kappa shape index (κ3) is 5.46. The third-order valence-electron chi connectivity index (χ3n) is 4.60. The van der Waals surface area contributed by atoms with E-state index in [9.17, 15) is 4.79 Å². The first-order chi connectivity index (χ1) is 10.2. The van der Waals surface area contributed by atoms with Gasteiger partial charge in [-0.1, -0.05) is 6.92 Å². The molecule has 0 aromatic carbocycles. The smallest absolute Gasteiger partial charge is 0.306 e. The van der Waals surface area contributed by atoms with Crippen LogP contribution in [0.15, 0.2) is 0 Å². The van der Waals surface area contributed by atoms with Gasteiger partial charge in [0, 0.05) is 24.3 Å². The molecule has 0 spiro atoms. The van der Waals surface area contributed by atoms with Crippen LogP contribution in [0.1, 0.15) is 39.0 Å². The third-order valence-corrected chi connectivity index (χ3v) is 6.01. The van der Waals surface area contributed by atoms with Gasteiger partial charge >= 0.3 is 5.97 Å². The molecule has 2 rings (SSSR count). The topological polar surface area (TPSA) is 47.6 Å². The first kappa shape index (κ1) is 17.1. The molecule has 2 unspecified atom stereocenters. The molecule has 1 saturated heterocycles. The minimum absolute atomic E-state index is 0.0575. The van der Waals surface area contributed by atoms with Gasteiger partial charge < -0.3 is 14.8 Å². The molecule has 122 valence electrons. The molecule has 2 fully saturated rings. The monoisotopic (exact) mass is 315 g/mol. The number of methoxy groups -OCH3 is 1. The van der Waals surface area contributed by atoms with Crippen molar-refractivity contribution < 1.29 is 14.3 Å². The summed E-state index contributed by atoms with van der Waals surface area (Å²) >= 11 is 1.99. The fourth-order valence-electron chi connectivity index (χ4n) is 2.89. The van der Waals surface area contributed by atoms with Crippen molar-refractivity contribution in [3.8, 4) is 0 Å². The summed E-state index contributed by atoms with van der Waals surface area (Å²) in [7, 11) is 1.48. The van der Waals surface area contributed by atoms with Crippen LogP contribution in [0.4, 0.5) is 0 Å². The van der Waals surface area contributed by atoms with Crippen molar-refractivity contribution in [1.82, 2.24) is 5.32 Å². The highest BCUT2D eigenvalue weighted by molar-refractivity contribution is 7.99. The Bertz CT molecular complexity index is 327. The van der Waals surface area contributed by atoms with Gasteiger partial charge in [-0.05, 0) is 43.4 Å². The molecule has 0 aromatic heterocycles. The summed E-state index contributed by atoms with van der Waals surface area (Å²) in [5.41, 5.74) is 0.235. The van der Waals surface area contributed by atoms with Gasteiger partial charge in [0.25, 0.3) is 0 Å². The van der Waals surface area contributed by atoms with Crippen molar-refractivity contribution in [2.45, 2.75) is 45.1 Å². The van der Waals surface area contributed by atoms with Gasteiger partial charge in [0.05, 0.1) is 20.1 Å². The van der Waals surface area contributed by atoms with Crippen molar-refractivity contribution in [3.63, 3.8) is 0 Å². The van der Waals surface area contributed by atoms with Crippen molar-refractivity contribution >= 4 is 17.7 Å². The van der Waals surface area contributed by atoms with Crippen LogP contribution >= 0.6 is 11.8 Å². The van der Waals surface area contributed by atoms with Crippen LogP contribution in [0.3, 0.4) is 0 Å². The van der Waals surface area contributed by atoms with Crippen LogP contribution < -0.4 is 5.32 Å². The average molecular weight is 315 g/mol. The zero-order chi connectivity index (χ0) is 15.1. The zero-order valence-corrected chi connectivity index (χ0v) is 14.2. The number of hydrogen-bond acceptors (Lipinski definition) is 5. The molecule has 1 aliphatic heterocycles. The van der Waals surface area contributed by atoms with E-state index < -0.39 is 0 Å². The highest BCUT2D eigenvalue weighted by Crippen LogP contribution is 2.51. The van der Waals surface area contributed by atoms with Crippen LogP contribution in [0, 0.1) is 11.3 Å². The molecule has 5 heteroatoms. The highest BCUT2D eigenvalue weighted by atomic mass is 32.2. The van der Waals surface area contributed by atoms with Gasteiger partial charge in [0.2, 0.25) is 0 Å². The summed E-state index contributed by atoms with van der Waals surface area (Å²) in [5.74, 6) is 2.80. The lowest BCUT2D eigenvalue weighted by Crippen LogP contribution is -2.39. The van der Waals surface area contributed by atoms with E-state index in [1.54, 1.807) is 0 Å². The van der Waals surface area contributed by atoms with Crippen LogP contribution in [0.2, 0.25) is 0 Å². The van der Waals surface area contributed by atoms with E-state index in [4.69, 9.17) is 9.47 Å². The molecule has 1 N–H and O–H groups in total. The molecule has 0 bridgehead atoms. The molecule has 2 atom stereocenters. The zero-order valence-electron chi connectivity index (χ0n) is 13.4. The molecular weight excluding hydrogens is 286 g/mol. The predicted molar refractivity (Wildman–Crippen MR) is 86.6 cm³/mol. The molecule has 4 nitrogen and oxygen atoms in total. The van der Waals surface area contributed by atoms with Gasteiger partial charge in [-0.15, -0.1) is 0 Å². The minimum Gasteiger partial charge on any atom is -0.469 e. The predicted octanol–water partition coefficient (Wildman–Crippen LogP) is 2.47. The summed E-state index contributed by atoms with van der Waals surface area (Å²) in [6.45, 7) is 5.09. The summed E-state index contributed by atoms with van der Waals surface area (Å²) in [6.07, 6.45) is 5.29. The number of hydrogen-bond donors (Lipinski definition) is 1. The maximum atomic E-state index is 11.5. The van der Waals surface area contributed by atoms with Crippen LogP contribution in [0.5, 0.6) is 0 Å². The number of esters is 1. The summed E-state index contributed by atoms with van der Waals surface area (Å²) in [5, 5.41) is 3.68. The van der Waals surface area contributed by atoms with Gasteiger partial charge in [0.15, 0.2) is 0 Å². The number of ether oxygens (including phenoxy) is 2. The Morgan fingerprint density at radius 1 is 1.52 bits per heavy atom. The van der Waals surface area contributed by atoms with E-state index in [1.165, 1.54) is 32.8 Å². The second-order valence-corrected chi connectivity index (χ2v) is 7.48. The number of nitrogens with one attached hydrogen (secondary N) is 1. The lowest BCUT2D eigenvalue weighted by Gasteiger charge is -2.24.